The van der Waals surface area contributed by atoms with E-state index < -0.39 is 4.92 Å². The monoisotopic (exact) mass is 325 g/mol. The summed E-state index contributed by atoms with van der Waals surface area (Å²) in [7, 11) is 0. The lowest BCUT2D eigenvalue weighted by atomic mass is 10.2. The lowest BCUT2D eigenvalue weighted by Crippen LogP contribution is -2.11. The molecule has 0 radical (unpaired) electrons. The Morgan fingerprint density at radius 1 is 1.17 bits per heavy atom. The lowest BCUT2D eigenvalue weighted by Gasteiger charge is -2.12. The maximum absolute atomic E-state index is 11.5. The highest BCUT2D eigenvalue weighted by molar-refractivity contribution is 5.93. The van der Waals surface area contributed by atoms with E-state index in [-0.39, 0.29) is 23.5 Å². The summed E-state index contributed by atoms with van der Waals surface area (Å²) in [5, 5.41) is 15.3. The van der Waals surface area contributed by atoms with Gasteiger partial charge in [-0.2, -0.15) is 4.98 Å². The number of hydrogen-bond acceptors (Lipinski definition) is 7. The molecule has 1 N–H and O–H groups in total. The number of benzene rings is 1. The number of nitrogens with one attached hydrogen (secondary N) is 1. The first-order valence-corrected chi connectivity index (χ1v) is 7.33. The van der Waals surface area contributed by atoms with E-state index >= 15 is 0 Å². The molecule has 2 heterocycles. The topological polar surface area (TPSA) is 103 Å². The maximum Gasteiger partial charge on any atom is 0.373 e. The minimum absolute atomic E-state index is 0.0640. The van der Waals surface area contributed by atoms with Crippen molar-refractivity contribution < 1.29 is 9.66 Å². The standard InChI is InChI=1S/C16H15N5O3/c1-10(2)24-16-14(21(22)23)15(18-9-19-16)20-13-7-3-6-12-11(13)5-4-8-17-12/h3-10H,1-2H3,(H,18,19,20). The van der Waals surface area contributed by atoms with Crippen LogP contribution in [-0.2, 0) is 0 Å². The zero-order chi connectivity index (χ0) is 17.1. The summed E-state index contributed by atoms with van der Waals surface area (Å²) in [5.74, 6) is 0.00728. The van der Waals surface area contributed by atoms with E-state index in [0.717, 1.165) is 10.9 Å². The minimum Gasteiger partial charge on any atom is -0.470 e. The van der Waals surface area contributed by atoms with Gasteiger partial charge in [-0.15, -0.1) is 0 Å². The van der Waals surface area contributed by atoms with Crippen LogP contribution >= 0.6 is 0 Å². The van der Waals surface area contributed by atoms with Crippen molar-refractivity contribution in [3.63, 3.8) is 0 Å². The van der Waals surface area contributed by atoms with E-state index in [1.807, 2.05) is 18.2 Å². The van der Waals surface area contributed by atoms with E-state index in [2.05, 4.69) is 20.3 Å². The van der Waals surface area contributed by atoms with Gasteiger partial charge in [0.1, 0.15) is 6.33 Å². The van der Waals surface area contributed by atoms with Crippen molar-refractivity contribution in [2.45, 2.75) is 20.0 Å². The highest BCUT2D eigenvalue weighted by atomic mass is 16.6. The Balaban J connectivity index is 2.07. The fraction of sp³-hybridized carbons (Fsp3) is 0.188. The number of fused-ring (bicyclic) bond motifs is 1. The Kier molecular flexibility index (Phi) is 4.19. The van der Waals surface area contributed by atoms with Crippen molar-refractivity contribution in [1.82, 2.24) is 15.0 Å². The van der Waals surface area contributed by atoms with Gasteiger partial charge >= 0.3 is 5.69 Å². The van der Waals surface area contributed by atoms with E-state index in [1.165, 1.54) is 6.33 Å². The van der Waals surface area contributed by atoms with Crippen molar-refractivity contribution in [2.24, 2.45) is 0 Å². The molecule has 0 aliphatic rings. The Bertz CT molecular complexity index is 893. The third-order valence-electron chi connectivity index (χ3n) is 3.22. The zero-order valence-electron chi connectivity index (χ0n) is 13.1. The summed E-state index contributed by atoms with van der Waals surface area (Å²) < 4.78 is 5.43. The van der Waals surface area contributed by atoms with Crippen LogP contribution in [0.4, 0.5) is 17.2 Å². The van der Waals surface area contributed by atoms with Crippen molar-refractivity contribution in [3.8, 4) is 5.88 Å². The second-order valence-electron chi connectivity index (χ2n) is 5.30. The zero-order valence-corrected chi connectivity index (χ0v) is 13.1. The lowest BCUT2D eigenvalue weighted by molar-refractivity contribution is -0.385. The molecule has 3 aromatic rings. The summed E-state index contributed by atoms with van der Waals surface area (Å²) in [6, 6.07) is 9.16. The molecule has 122 valence electrons. The average molecular weight is 325 g/mol. The molecule has 0 saturated carbocycles. The first kappa shape index (κ1) is 15.6. The molecular formula is C16H15N5O3. The third-order valence-corrected chi connectivity index (χ3v) is 3.22. The number of nitro groups is 1. The summed E-state index contributed by atoms with van der Waals surface area (Å²) in [4.78, 5) is 23.1. The van der Waals surface area contributed by atoms with Crippen LogP contribution in [0, 0.1) is 10.1 Å². The van der Waals surface area contributed by atoms with Crippen molar-refractivity contribution in [3.05, 3.63) is 53.0 Å². The molecule has 0 spiro atoms. The second-order valence-corrected chi connectivity index (χ2v) is 5.30. The molecule has 0 amide bonds. The largest absolute Gasteiger partial charge is 0.470 e. The van der Waals surface area contributed by atoms with Crippen LogP contribution in [0.1, 0.15) is 13.8 Å². The highest BCUT2D eigenvalue weighted by Crippen LogP contribution is 2.34. The van der Waals surface area contributed by atoms with E-state index in [1.54, 1.807) is 32.2 Å². The molecule has 0 aliphatic carbocycles. The highest BCUT2D eigenvalue weighted by Gasteiger charge is 2.25. The molecular weight excluding hydrogens is 310 g/mol. The molecule has 0 atom stereocenters. The molecule has 2 aromatic heterocycles. The summed E-state index contributed by atoms with van der Waals surface area (Å²) in [6.45, 7) is 3.55. The number of rotatable bonds is 5. The van der Waals surface area contributed by atoms with Gasteiger partial charge in [0.25, 0.3) is 5.88 Å². The van der Waals surface area contributed by atoms with Crippen LogP contribution in [0.5, 0.6) is 5.88 Å². The molecule has 24 heavy (non-hydrogen) atoms. The first-order valence-electron chi connectivity index (χ1n) is 7.33. The van der Waals surface area contributed by atoms with Gasteiger partial charge in [-0.25, -0.2) is 4.98 Å². The summed E-state index contributed by atoms with van der Waals surface area (Å²) in [5.41, 5.74) is 1.14. The van der Waals surface area contributed by atoms with Gasteiger partial charge in [0.15, 0.2) is 0 Å². The summed E-state index contributed by atoms with van der Waals surface area (Å²) >= 11 is 0. The van der Waals surface area contributed by atoms with Gasteiger partial charge in [0, 0.05) is 17.3 Å². The van der Waals surface area contributed by atoms with E-state index in [4.69, 9.17) is 4.74 Å². The van der Waals surface area contributed by atoms with Gasteiger partial charge < -0.3 is 10.1 Å². The normalized spacial score (nSPS) is 10.8. The molecule has 0 bridgehead atoms. The van der Waals surface area contributed by atoms with Crippen molar-refractivity contribution in [2.75, 3.05) is 5.32 Å². The number of ether oxygens (including phenoxy) is 1. The molecule has 0 saturated heterocycles. The predicted molar refractivity (Wildman–Crippen MR) is 89.5 cm³/mol. The first-order chi connectivity index (χ1) is 11.6. The van der Waals surface area contributed by atoms with E-state index in [9.17, 15) is 10.1 Å². The van der Waals surface area contributed by atoms with Gasteiger partial charge in [0.05, 0.1) is 16.5 Å². The molecule has 8 nitrogen and oxygen atoms in total. The Morgan fingerprint density at radius 2 is 2.00 bits per heavy atom. The number of anilines is 2. The molecule has 0 aliphatic heterocycles. The SMILES string of the molecule is CC(C)Oc1ncnc(Nc2cccc3ncccc23)c1[N+](=O)[O-]. The van der Waals surface area contributed by atoms with Gasteiger partial charge in [-0.3, -0.25) is 15.1 Å². The molecule has 0 unspecified atom stereocenters. The van der Waals surface area contributed by atoms with Crippen molar-refractivity contribution >= 4 is 28.1 Å². The second kappa shape index (κ2) is 6.45. The van der Waals surface area contributed by atoms with E-state index in [0.29, 0.717) is 5.69 Å². The fourth-order valence-electron chi connectivity index (χ4n) is 2.27. The molecule has 8 heteroatoms. The van der Waals surface area contributed by atoms with Crippen LogP contribution in [0.15, 0.2) is 42.9 Å². The van der Waals surface area contributed by atoms with Crippen LogP contribution in [0.2, 0.25) is 0 Å². The molecule has 1 aromatic carbocycles. The van der Waals surface area contributed by atoms with Crippen LogP contribution in [-0.4, -0.2) is 26.0 Å². The van der Waals surface area contributed by atoms with Crippen LogP contribution < -0.4 is 10.1 Å². The Morgan fingerprint density at radius 3 is 2.75 bits per heavy atom. The number of aromatic nitrogens is 3. The molecule has 3 rings (SSSR count). The number of nitrogens with zero attached hydrogens (tertiary/aromatic N) is 4. The van der Waals surface area contributed by atoms with Gasteiger partial charge in [-0.05, 0) is 38.1 Å². The molecule has 0 fully saturated rings. The van der Waals surface area contributed by atoms with Crippen LogP contribution in [0.25, 0.3) is 10.9 Å². The van der Waals surface area contributed by atoms with Crippen molar-refractivity contribution in [1.29, 1.82) is 0 Å². The Labute approximate surface area is 137 Å². The van der Waals surface area contributed by atoms with Gasteiger partial charge in [0.2, 0.25) is 5.82 Å². The predicted octanol–water partition coefficient (Wildman–Crippen LogP) is 3.46. The minimum atomic E-state index is -0.552. The summed E-state index contributed by atoms with van der Waals surface area (Å²) in [6.07, 6.45) is 2.68. The number of hydrogen-bond donors (Lipinski definition) is 1. The average Bonchev–Trinajstić information content (AvgIpc) is 2.54. The quantitative estimate of drug-likeness (QED) is 0.566. The maximum atomic E-state index is 11.5. The third kappa shape index (κ3) is 3.07. The number of pyridine rings is 1. The van der Waals surface area contributed by atoms with Gasteiger partial charge in [-0.1, -0.05) is 6.07 Å². The van der Waals surface area contributed by atoms with Crippen LogP contribution in [0.3, 0.4) is 0 Å². The Hall–Kier alpha value is -3.29. The smallest absolute Gasteiger partial charge is 0.373 e. The fourth-order valence-corrected chi connectivity index (χ4v) is 2.27.